The third-order valence-electron chi connectivity index (χ3n) is 2.84. The molecule has 5 heteroatoms. The highest BCUT2D eigenvalue weighted by Gasteiger charge is 2.14. The SMILES string of the molecule is O=C(Cc1ccccc1C(=O)O)c1ccc(Cl)c(Cl)c1. The van der Waals surface area contributed by atoms with E-state index in [1.54, 1.807) is 30.3 Å². The van der Waals surface area contributed by atoms with Crippen LogP contribution in [0.4, 0.5) is 0 Å². The number of carboxylic acid groups (broad SMARTS) is 1. The largest absolute Gasteiger partial charge is 0.478 e. The van der Waals surface area contributed by atoms with Gasteiger partial charge in [-0.1, -0.05) is 41.4 Å². The summed E-state index contributed by atoms with van der Waals surface area (Å²) in [5.74, 6) is -1.26. The number of benzene rings is 2. The van der Waals surface area contributed by atoms with E-state index in [-0.39, 0.29) is 17.8 Å². The number of carbonyl (C=O) groups excluding carboxylic acids is 1. The van der Waals surface area contributed by atoms with Crippen molar-refractivity contribution < 1.29 is 14.7 Å². The molecule has 20 heavy (non-hydrogen) atoms. The molecule has 0 unspecified atom stereocenters. The van der Waals surface area contributed by atoms with E-state index in [4.69, 9.17) is 28.3 Å². The summed E-state index contributed by atoms with van der Waals surface area (Å²) in [6, 6.07) is 11.0. The Labute approximate surface area is 125 Å². The number of carboxylic acids is 1. The molecule has 0 aromatic heterocycles. The number of ketones is 1. The molecular formula is C15H10Cl2O3. The van der Waals surface area contributed by atoms with Gasteiger partial charge in [-0.25, -0.2) is 4.79 Å². The molecule has 0 aliphatic rings. The molecule has 102 valence electrons. The fourth-order valence-corrected chi connectivity index (χ4v) is 2.13. The number of halogens is 2. The minimum absolute atomic E-state index is 0.000431. The van der Waals surface area contributed by atoms with Gasteiger partial charge in [-0.05, 0) is 29.8 Å². The lowest BCUT2D eigenvalue weighted by atomic mass is 9.99. The summed E-state index contributed by atoms with van der Waals surface area (Å²) < 4.78 is 0. The Morgan fingerprint density at radius 2 is 1.70 bits per heavy atom. The van der Waals surface area contributed by atoms with Crippen LogP contribution in [0.15, 0.2) is 42.5 Å². The quantitative estimate of drug-likeness (QED) is 0.864. The van der Waals surface area contributed by atoms with Gasteiger partial charge in [-0.3, -0.25) is 4.79 Å². The van der Waals surface area contributed by atoms with Gasteiger partial charge in [0.05, 0.1) is 15.6 Å². The van der Waals surface area contributed by atoms with Crippen molar-refractivity contribution in [2.75, 3.05) is 0 Å². The zero-order valence-electron chi connectivity index (χ0n) is 10.3. The van der Waals surface area contributed by atoms with Crippen molar-refractivity contribution in [1.82, 2.24) is 0 Å². The highest BCUT2D eigenvalue weighted by Crippen LogP contribution is 2.23. The molecule has 3 nitrogen and oxygen atoms in total. The average Bonchev–Trinajstić information content (AvgIpc) is 2.42. The number of hydrogen-bond acceptors (Lipinski definition) is 2. The first-order chi connectivity index (χ1) is 9.49. The van der Waals surface area contributed by atoms with E-state index in [9.17, 15) is 9.59 Å². The summed E-state index contributed by atoms with van der Waals surface area (Å²) >= 11 is 11.7. The van der Waals surface area contributed by atoms with Gasteiger partial charge in [0.1, 0.15) is 0 Å². The Balaban J connectivity index is 2.28. The minimum Gasteiger partial charge on any atom is -0.478 e. The van der Waals surface area contributed by atoms with Crippen LogP contribution in [0.25, 0.3) is 0 Å². The Kier molecular flexibility index (Phi) is 4.42. The normalized spacial score (nSPS) is 10.3. The van der Waals surface area contributed by atoms with Gasteiger partial charge in [-0.15, -0.1) is 0 Å². The molecule has 0 amide bonds. The number of hydrogen-bond donors (Lipinski definition) is 1. The molecule has 1 N–H and O–H groups in total. The van der Waals surface area contributed by atoms with Gasteiger partial charge in [0.15, 0.2) is 5.78 Å². The molecule has 0 aliphatic heterocycles. The summed E-state index contributed by atoms with van der Waals surface area (Å²) in [6.07, 6.45) is 0.000431. The standard InChI is InChI=1S/C15H10Cl2O3/c16-12-6-5-10(7-13(12)17)14(18)8-9-3-1-2-4-11(9)15(19)20/h1-7H,8H2,(H,19,20). The third kappa shape index (κ3) is 3.18. The molecule has 0 heterocycles. The van der Waals surface area contributed by atoms with Crippen molar-refractivity contribution in [2.45, 2.75) is 6.42 Å². The molecule has 0 aliphatic carbocycles. The number of aromatic carboxylic acids is 1. The van der Waals surface area contributed by atoms with E-state index in [1.165, 1.54) is 12.1 Å². The molecule has 0 bridgehead atoms. The maximum Gasteiger partial charge on any atom is 0.335 e. The van der Waals surface area contributed by atoms with E-state index in [0.29, 0.717) is 21.2 Å². The van der Waals surface area contributed by atoms with Gasteiger partial charge >= 0.3 is 5.97 Å². The molecule has 2 rings (SSSR count). The summed E-state index contributed by atoms with van der Waals surface area (Å²) in [4.78, 5) is 23.2. The Hall–Kier alpha value is -1.84. The predicted octanol–water partition coefficient (Wildman–Crippen LogP) is 4.12. The first kappa shape index (κ1) is 14.6. The lowest BCUT2D eigenvalue weighted by molar-refractivity contribution is 0.0696. The zero-order chi connectivity index (χ0) is 14.7. The highest BCUT2D eigenvalue weighted by molar-refractivity contribution is 6.42. The number of rotatable bonds is 4. The molecule has 0 spiro atoms. The van der Waals surface area contributed by atoms with Gasteiger partial charge in [0.25, 0.3) is 0 Å². The molecule has 2 aromatic carbocycles. The van der Waals surface area contributed by atoms with Crippen molar-refractivity contribution in [3.63, 3.8) is 0 Å². The summed E-state index contributed by atoms with van der Waals surface area (Å²) in [5.41, 5.74) is 0.997. The second-order valence-electron chi connectivity index (χ2n) is 4.19. The van der Waals surface area contributed by atoms with Crippen LogP contribution in [0.2, 0.25) is 10.0 Å². The Morgan fingerprint density at radius 1 is 1.00 bits per heavy atom. The molecule has 0 atom stereocenters. The first-order valence-corrected chi connectivity index (χ1v) is 6.54. The van der Waals surface area contributed by atoms with Crippen LogP contribution in [-0.4, -0.2) is 16.9 Å². The van der Waals surface area contributed by atoms with E-state index < -0.39 is 5.97 Å². The van der Waals surface area contributed by atoms with E-state index in [0.717, 1.165) is 0 Å². The summed E-state index contributed by atoms with van der Waals surface area (Å²) in [7, 11) is 0. The predicted molar refractivity (Wildman–Crippen MR) is 77.9 cm³/mol. The summed E-state index contributed by atoms with van der Waals surface area (Å²) in [6.45, 7) is 0. The number of carbonyl (C=O) groups is 2. The van der Waals surface area contributed by atoms with Crippen molar-refractivity contribution in [2.24, 2.45) is 0 Å². The maximum absolute atomic E-state index is 12.2. The van der Waals surface area contributed by atoms with Gasteiger partial charge in [-0.2, -0.15) is 0 Å². The van der Waals surface area contributed by atoms with Crippen LogP contribution in [-0.2, 0) is 6.42 Å². The Morgan fingerprint density at radius 3 is 2.35 bits per heavy atom. The van der Waals surface area contributed by atoms with E-state index >= 15 is 0 Å². The molecule has 0 saturated carbocycles. The lowest BCUT2D eigenvalue weighted by Crippen LogP contribution is -2.08. The van der Waals surface area contributed by atoms with Gasteiger partial charge in [0.2, 0.25) is 0 Å². The van der Waals surface area contributed by atoms with Gasteiger partial charge < -0.3 is 5.11 Å². The topological polar surface area (TPSA) is 54.4 Å². The first-order valence-electron chi connectivity index (χ1n) is 5.78. The minimum atomic E-state index is -1.05. The monoisotopic (exact) mass is 308 g/mol. The summed E-state index contributed by atoms with van der Waals surface area (Å²) in [5, 5.41) is 9.74. The van der Waals surface area contributed by atoms with Crippen LogP contribution in [0.3, 0.4) is 0 Å². The van der Waals surface area contributed by atoms with Crippen molar-refractivity contribution in [3.05, 3.63) is 69.2 Å². The molecule has 0 fully saturated rings. The second kappa shape index (κ2) is 6.07. The second-order valence-corrected chi connectivity index (χ2v) is 5.01. The maximum atomic E-state index is 12.2. The van der Waals surface area contributed by atoms with Crippen molar-refractivity contribution >= 4 is 35.0 Å². The molecule has 0 saturated heterocycles. The van der Waals surface area contributed by atoms with Crippen LogP contribution in [0, 0.1) is 0 Å². The van der Waals surface area contributed by atoms with Crippen LogP contribution in [0.5, 0.6) is 0 Å². The van der Waals surface area contributed by atoms with Crippen molar-refractivity contribution in [3.8, 4) is 0 Å². The smallest absolute Gasteiger partial charge is 0.335 e. The van der Waals surface area contributed by atoms with Gasteiger partial charge in [0, 0.05) is 12.0 Å². The number of Topliss-reactive ketones (excluding diaryl/α,β-unsaturated/α-hetero) is 1. The third-order valence-corrected chi connectivity index (χ3v) is 3.58. The van der Waals surface area contributed by atoms with Crippen LogP contribution >= 0.6 is 23.2 Å². The molecular weight excluding hydrogens is 299 g/mol. The zero-order valence-corrected chi connectivity index (χ0v) is 11.8. The highest BCUT2D eigenvalue weighted by atomic mass is 35.5. The van der Waals surface area contributed by atoms with Crippen molar-refractivity contribution in [1.29, 1.82) is 0 Å². The fraction of sp³-hybridized carbons (Fsp3) is 0.0667. The van der Waals surface area contributed by atoms with Crippen LogP contribution in [0.1, 0.15) is 26.3 Å². The van der Waals surface area contributed by atoms with Crippen LogP contribution < -0.4 is 0 Å². The lowest BCUT2D eigenvalue weighted by Gasteiger charge is -2.06. The van der Waals surface area contributed by atoms with E-state index in [1.807, 2.05) is 0 Å². The fourth-order valence-electron chi connectivity index (χ4n) is 1.83. The molecule has 2 aromatic rings. The average molecular weight is 309 g/mol. The molecule has 0 radical (unpaired) electrons. The Bertz CT molecular complexity index is 681. The van der Waals surface area contributed by atoms with E-state index in [2.05, 4.69) is 0 Å².